The molecule has 2 N–H and O–H groups in total. The highest BCUT2D eigenvalue weighted by atomic mass is 35.5. The van der Waals surface area contributed by atoms with Crippen LogP contribution in [0.3, 0.4) is 0 Å². The lowest BCUT2D eigenvalue weighted by Crippen LogP contribution is -2.13. The third-order valence-electron chi connectivity index (χ3n) is 2.81. The molecule has 0 amide bonds. The fraction of sp³-hybridized carbons (Fsp3) is 0.417. The molecule has 0 fully saturated rings. The zero-order chi connectivity index (χ0) is 9.97. The number of halogens is 1. The molecule has 2 nitrogen and oxygen atoms in total. The molecule has 0 saturated carbocycles. The van der Waals surface area contributed by atoms with Gasteiger partial charge in [-0.25, -0.2) is 0 Å². The number of benzene rings is 1. The molecule has 82 valence electrons. The predicted molar refractivity (Wildman–Crippen MR) is 66.6 cm³/mol. The Hall–Kier alpha value is -1.02. The summed E-state index contributed by atoms with van der Waals surface area (Å²) in [4.78, 5) is 4.46. The second-order valence-corrected chi connectivity index (χ2v) is 4.06. The number of hydrogen-bond acceptors (Lipinski definition) is 2. The summed E-state index contributed by atoms with van der Waals surface area (Å²) in [5.41, 5.74) is 7.07. The van der Waals surface area contributed by atoms with Gasteiger partial charge in [0.25, 0.3) is 0 Å². The molecule has 0 aliphatic carbocycles. The number of nitrogens with zero attached hydrogens (tertiary/aromatic N) is 1. The number of aliphatic imine (C=N–C) groups is 1. The molecule has 0 spiro atoms. The largest absolute Gasteiger partial charge is 0.387 e. The standard InChI is InChI=1S/C12H16N2.ClH/c1-9-7-12(13)14-11(9)8-10-5-3-2-4-6-10;/h2-6,9,11H,7-8H2,1H3,(H2,13,14);1H/t9-,11+;/m1./s1. The van der Waals surface area contributed by atoms with Crippen molar-refractivity contribution in [2.45, 2.75) is 25.8 Å². The van der Waals surface area contributed by atoms with E-state index in [0.717, 1.165) is 18.7 Å². The van der Waals surface area contributed by atoms with Crippen molar-refractivity contribution in [3.8, 4) is 0 Å². The van der Waals surface area contributed by atoms with Crippen molar-refractivity contribution >= 4 is 18.2 Å². The first-order chi connectivity index (χ1) is 6.75. The van der Waals surface area contributed by atoms with Gasteiger partial charge in [0, 0.05) is 6.42 Å². The molecule has 1 heterocycles. The Morgan fingerprint density at radius 1 is 1.33 bits per heavy atom. The van der Waals surface area contributed by atoms with Crippen LogP contribution in [0.25, 0.3) is 0 Å². The Bertz CT molecular complexity index is 335. The highest BCUT2D eigenvalue weighted by Crippen LogP contribution is 2.22. The molecule has 0 bridgehead atoms. The van der Waals surface area contributed by atoms with E-state index in [-0.39, 0.29) is 12.4 Å². The normalized spacial score (nSPS) is 24.5. The van der Waals surface area contributed by atoms with E-state index in [9.17, 15) is 0 Å². The SMILES string of the molecule is C[C@@H]1CC(N)=N[C@H]1Cc1ccccc1.Cl. The van der Waals surface area contributed by atoms with E-state index in [1.165, 1.54) is 5.56 Å². The Morgan fingerprint density at radius 3 is 2.53 bits per heavy atom. The van der Waals surface area contributed by atoms with Crippen LogP contribution in [0.15, 0.2) is 35.3 Å². The third-order valence-corrected chi connectivity index (χ3v) is 2.81. The molecular weight excluding hydrogens is 208 g/mol. The van der Waals surface area contributed by atoms with Crippen LogP contribution in [0, 0.1) is 5.92 Å². The molecule has 3 heteroatoms. The van der Waals surface area contributed by atoms with Crippen LogP contribution < -0.4 is 5.73 Å². The van der Waals surface area contributed by atoms with Gasteiger partial charge in [0.05, 0.1) is 11.9 Å². The molecule has 0 saturated heterocycles. The zero-order valence-electron chi connectivity index (χ0n) is 8.89. The van der Waals surface area contributed by atoms with E-state index in [0.29, 0.717) is 12.0 Å². The Balaban J connectivity index is 0.00000112. The maximum atomic E-state index is 5.72. The highest BCUT2D eigenvalue weighted by molar-refractivity contribution is 5.85. The quantitative estimate of drug-likeness (QED) is 0.823. The van der Waals surface area contributed by atoms with Gasteiger partial charge in [0.1, 0.15) is 0 Å². The minimum atomic E-state index is 0. The van der Waals surface area contributed by atoms with Crippen molar-refractivity contribution in [2.75, 3.05) is 0 Å². The highest BCUT2D eigenvalue weighted by Gasteiger charge is 2.23. The third kappa shape index (κ3) is 2.96. The van der Waals surface area contributed by atoms with Gasteiger partial charge in [-0.1, -0.05) is 37.3 Å². The summed E-state index contributed by atoms with van der Waals surface area (Å²) in [6, 6.07) is 10.9. The summed E-state index contributed by atoms with van der Waals surface area (Å²) in [7, 11) is 0. The van der Waals surface area contributed by atoms with E-state index in [2.05, 4.69) is 36.2 Å². The lowest BCUT2D eigenvalue weighted by Gasteiger charge is -2.12. The van der Waals surface area contributed by atoms with E-state index < -0.39 is 0 Å². The number of rotatable bonds is 2. The molecule has 0 aromatic heterocycles. The minimum Gasteiger partial charge on any atom is -0.387 e. The summed E-state index contributed by atoms with van der Waals surface area (Å²) >= 11 is 0. The summed E-state index contributed by atoms with van der Waals surface area (Å²) in [5, 5.41) is 0. The van der Waals surface area contributed by atoms with Crippen molar-refractivity contribution in [3.63, 3.8) is 0 Å². The van der Waals surface area contributed by atoms with Crippen molar-refractivity contribution < 1.29 is 0 Å². The van der Waals surface area contributed by atoms with Crippen LogP contribution >= 0.6 is 12.4 Å². The van der Waals surface area contributed by atoms with Gasteiger partial charge in [-0.05, 0) is 17.9 Å². The Labute approximate surface area is 97.0 Å². The van der Waals surface area contributed by atoms with Gasteiger partial charge in [-0.15, -0.1) is 12.4 Å². The summed E-state index contributed by atoms with van der Waals surface area (Å²) in [6.45, 7) is 2.22. The first-order valence-electron chi connectivity index (χ1n) is 5.12. The maximum absolute atomic E-state index is 5.72. The number of hydrogen-bond donors (Lipinski definition) is 1. The van der Waals surface area contributed by atoms with E-state index >= 15 is 0 Å². The molecule has 0 unspecified atom stereocenters. The van der Waals surface area contributed by atoms with Crippen molar-refractivity contribution in [2.24, 2.45) is 16.6 Å². The topological polar surface area (TPSA) is 38.4 Å². The van der Waals surface area contributed by atoms with E-state index in [1.54, 1.807) is 0 Å². The first kappa shape index (κ1) is 12.1. The molecule has 1 aromatic rings. The van der Waals surface area contributed by atoms with Crippen LogP contribution in [-0.4, -0.2) is 11.9 Å². The van der Waals surface area contributed by atoms with Gasteiger partial charge in [0.15, 0.2) is 0 Å². The van der Waals surface area contributed by atoms with Crippen LogP contribution in [0.4, 0.5) is 0 Å². The van der Waals surface area contributed by atoms with Gasteiger partial charge in [-0.2, -0.15) is 0 Å². The second kappa shape index (κ2) is 5.17. The van der Waals surface area contributed by atoms with Crippen molar-refractivity contribution in [1.82, 2.24) is 0 Å². The fourth-order valence-corrected chi connectivity index (χ4v) is 1.96. The van der Waals surface area contributed by atoms with Gasteiger partial charge in [0.2, 0.25) is 0 Å². The lowest BCUT2D eigenvalue weighted by atomic mass is 9.96. The predicted octanol–water partition coefficient (Wildman–Crippen LogP) is 2.42. The maximum Gasteiger partial charge on any atom is 0.0944 e. The number of nitrogens with two attached hydrogens (primary N) is 1. The molecule has 1 aromatic carbocycles. The minimum absolute atomic E-state index is 0. The lowest BCUT2D eigenvalue weighted by molar-refractivity contribution is 0.502. The monoisotopic (exact) mass is 224 g/mol. The van der Waals surface area contributed by atoms with Crippen LogP contribution in [0.2, 0.25) is 0 Å². The van der Waals surface area contributed by atoms with Crippen LogP contribution in [0.5, 0.6) is 0 Å². The van der Waals surface area contributed by atoms with E-state index in [1.807, 2.05) is 6.07 Å². The van der Waals surface area contributed by atoms with Crippen molar-refractivity contribution in [3.05, 3.63) is 35.9 Å². The van der Waals surface area contributed by atoms with Crippen LogP contribution in [0.1, 0.15) is 18.9 Å². The summed E-state index contributed by atoms with van der Waals surface area (Å²) in [5.74, 6) is 1.41. The average Bonchev–Trinajstić information content (AvgIpc) is 2.47. The molecule has 1 aliphatic heterocycles. The van der Waals surface area contributed by atoms with Gasteiger partial charge in [-0.3, -0.25) is 4.99 Å². The molecule has 0 radical (unpaired) electrons. The molecule has 2 atom stereocenters. The summed E-state index contributed by atoms with van der Waals surface area (Å²) in [6.07, 6.45) is 1.97. The fourth-order valence-electron chi connectivity index (χ4n) is 1.96. The molecule has 2 rings (SSSR count). The molecule has 1 aliphatic rings. The first-order valence-corrected chi connectivity index (χ1v) is 5.12. The second-order valence-electron chi connectivity index (χ2n) is 4.06. The zero-order valence-corrected chi connectivity index (χ0v) is 9.70. The van der Waals surface area contributed by atoms with Crippen LogP contribution in [-0.2, 0) is 6.42 Å². The number of amidine groups is 1. The smallest absolute Gasteiger partial charge is 0.0944 e. The van der Waals surface area contributed by atoms with E-state index in [4.69, 9.17) is 5.73 Å². The van der Waals surface area contributed by atoms with Gasteiger partial charge >= 0.3 is 0 Å². The Kier molecular flexibility index (Phi) is 4.15. The average molecular weight is 225 g/mol. The Morgan fingerprint density at radius 2 is 2.00 bits per heavy atom. The summed E-state index contributed by atoms with van der Waals surface area (Å²) < 4.78 is 0. The van der Waals surface area contributed by atoms with Gasteiger partial charge < -0.3 is 5.73 Å². The van der Waals surface area contributed by atoms with Crippen molar-refractivity contribution in [1.29, 1.82) is 0 Å². The molecular formula is C12H17ClN2. The molecule has 15 heavy (non-hydrogen) atoms.